The first-order valence-corrected chi connectivity index (χ1v) is 7.16. The first kappa shape index (κ1) is 12.1. The van der Waals surface area contributed by atoms with Crippen LogP contribution in [0.5, 0.6) is 0 Å². The maximum Gasteiger partial charge on any atom is 0.0693 e. The van der Waals surface area contributed by atoms with Crippen LogP contribution in [-0.2, 0) is 0 Å². The summed E-state index contributed by atoms with van der Waals surface area (Å²) in [6, 6.07) is 4.99. The number of hydrogen-bond acceptors (Lipinski definition) is 3. The zero-order valence-corrected chi connectivity index (χ0v) is 10.7. The van der Waals surface area contributed by atoms with Crippen LogP contribution in [0.1, 0.15) is 49.9 Å². The zero-order chi connectivity index (χ0) is 11.4. The quantitative estimate of drug-likeness (QED) is 0.846. The maximum absolute atomic E-state index is 9.95. The first-order chi connectivity index (χ1) is 7.81. The molecular weight excluding hydrogens is 218 g/mol. The van der Waals surface area contributed by atoms with Crippen molar-refractivity contribution in [1.82, 2.24) is 5.32 Å². The standard InChI is InChI=1S/C13H21NOS/c1-2-10(13-8-5-9-16-13)14-11-6-3-4-7-12(11)15/h5,8-12,14-15H,2-4,6-7H2,1H3/t10?,11-,12-/m0/s1. The van der Waals surface area contributed by atoms with Crippen LogP contribution in [0.25, 0.3) is 0 Å². The number of thiophene rings is 1. The van der Waals surface area contributed by atoms with Crippen LogP contribution >= 0.6 is 11.3 Å². The molecule has 1 saturated carbocycles. The number of hydrogen-bond donors (Lipinski definition) is 2. The number of nitrogens with one attached hydrogen (secondary N) is 1. The van der Waals surface area contributed by atoms with Gasteiger partial charge >= 0.3 is 0 Å². The van der Waals surface area contributed by atoms with Crippen molar-refractivity contribution in [2.75, 3.05) is 0 Å². The Labute approximate surface area is 102 Å². The van der Waals surface area contributed by atoms with Crippen molar-refractivity contribution in [2.45, 2.75) is 57.2 Å². The molecule has 1 fully saturated rings. The average molecular weight is 239 g/mol. The molecule has 1 heterocycles. The van der Waals surface area contributed by atoms with E-state index in [4.69, 9.17) is 0 Å². The van der Waals surface area contributed by atoms with E-state index in [0.717, 1.165) is 19.3 Å². The van der Waals surface area contributed by atoms with Crippen LogP contribution in [0.3, 0.4) is 0 Å². The number of aliphatic hydroxyl groups excluding tert-OH is 1. The van der Waals surface area contributed by atoms with E-state index in [9.17, 15) is 5.11 Å². The summed E-state index contributed by atoms with van der Waals surface area (Å²) in [7, 11) is 0. The van der Waals surface area contributed by atoms with Gasteiger partial charge in [0.2, 0.25) is 0 Å². The molecule has 16 heavy (non-hydrogen) atoms. The van der Waals surface area contributed by atoms with Gasteiger partial charge in [-0.15, -0.1) is 11.3 Å². The highest BCUT2D eigenvalue weighted by Gasteiger charge is 2.25. The predicted octanol–water partition coefficient (Wildman–Crippen LogP) is 3.09. The second kappa shape index (κ2) is 5.80. The van der Waals surface area contributed by atoms with Gasteiger partial charge in [0.1, 0.15) is 0 Å². The molecule has 2 rings (SSSR count). The van der Waals surface area contributed by atoms with Crippen LogP contribution < -0.4 is 5.32 Å². The Balaban J connectivity index is 1.95. The number of rotatable bonds is 4. The second-order valence-electron chi connectivity index (χ2n) is 4.60. The molecule has 1 aromatic heterocycles. The second-order valence-corrected chi connectivity index (χ2v) is 5.58. The van der Waals surface area contributed by atoms with E-state index < -0.39 is 0 Å². The summed E-state index contributed by atoms with van der Waals surface area (Å²) in [5.74, 6) is 0. The fourth-order valence-corrected chi connectivity index (χ4v) is 3.33. The van der Waals surface area contributed by atoms with Crippen LogP contribution in [0, 0.1) is 0 Å². The molecule has 1 aliphatic rings. The Bertz CT molecular complexity index is 299. The summed E-state index contributed by atoms with van der Waals surface area (Å²) in [5.41, 5.74) is 0. The molecule has 0 amide bonds. The molecule has 2 N–H and O–H groups in total. The van der Waals surface area contributed by atoms with Crippen LogP contribution in [-0.4, -0.2) is 17.3 Å². The van der Waals surface area contributed by atoms with Gasteiger partial charge < -0.3 is 10.4 Å². The molecule has 1 aliphatic carbocycles. The molecule has 0 aromatic carbocycles. The topological polar surface area (TPSA) is 32.3 Å². The molecule has 90 valence electrons. The van der Waals surface area contributed by atoms with Crippen molar-refractivity contribution in [3.05, 3.63) is 22.4 Å². The third-order valence-corrected chi connectivity index (χ3v) is 4.43. The van der Waals surface area contributed by atoms with Crippen LogP contribution in [0.15, 0.2) is 17.5 Å². The van der Waals surface area contributed by atoms with Gasteiger partial charge in [-0.05, 0) is 30.7 Å². The van der Waals surface area contributed by atoms with E-state index >= 15 is 0 Å². The molecule has 2 nitrogen and oxygen atoms in total. The number of aliphatic hydroxyl groups is 1. The lowest BCUT2D eigenvalue weighted by atomic mass is 9.91. The van der Waals surface area contributed by atoms with Gasteiger partial charge in [-0.1, -0.05) is 25.8 Å². The van der Waals surface area contributed by atoms with Crippen molar-refractivity contribution in [1.29, 1.82) is 0 Å². The molecular formula is C13H21NOS. The van der Waals surface area contributed by atoms with Gasteiger partial charge in [-0.2, -0.15) is 0 Å². The van der Waals surface area contributed by atoms with Gasteiger partial charge in [0, 0.05) is 17.0 Å². The van der Waals surface area contributed by atoms with Crippen LogP contribution in [0.2, 0.25) is 0 Å². The van der Waals surface area contributed by atoms with Crippen molar-refractivity contribution < 1.29 is 5.11 Å². The van der Waals surface area contributed by atoms with Crippen molar-refractivity contribution in [2.24, 2.45) is 0 Å². The van der Waals surface area contributed by atoms with E-state index in [1.165, 1.54) is 17.7 Å². The highest BCUT2D eigenvalue weighted by molar-refractivity contribution is 7.10. The molecule has 1 unspecified atom stereocenters. The van der Waals surface area contributed by atoms with Gasteiger partial charge in [0.05, 0.1) is 6.10 Å². The third-order valence-electron chi connectivity index (χ3n) is 3.44. The van der Waals surface area contributed by atoms with E-state index in [1.807, 2.05) is 0 Å². The molecule has 0 radical (unpaired) electrons. The Hall–Kier alpha value is -0.380. The Morgan fingerprint density at radius 2 is 2.31 bits per heavy atom. The van der Waals surface area contributed by atoms with Crippen LogP contribution in [0.4, 0.5) is 0 Å². The summed E-state index contributed by atoms with van der Waals surface area (Å²) >= 11 is 1.80. The smallest absolute Gasteiger partial charge is 0.0693 e. The molecule has 1 aromatic rings. The van der Waals surface area contributed by atoms with Gasteiger partial charge in [0.15, 0.2) is 0 Å². The van der Waals surface area contributed by atoms with Crippen molar-refractivity contribution in [3.8, 4) is 0 Å². The summed E-state index contributed by atoms with van der Waals surface area (Å²) < 4.78 is 0. The van der Waals surface area contributed by atoms with E-state index in [2.05, 4.69) is 29.8 Å². The fourth-order valence-electron chi connectivity index (χ4n) is 2.45. The summed E-state index contributed by atoms with van der Waals surface area (Å²) in [4.78, 5) is 1.39. The van der Waals surface area contributed by atoms with Gasteiger partial charge in [0.25, 0.3) is 0 Å². The normalized spacial score (nSPS) is 27.9. The summed E-state index contributed by atoms with van der Waals surface area (Å²) in [6.45, 7) is 2.20. The maximum atomic E-state index is 9.95. The average Bonchev–Trinajstić information content (AvgIpc) is 2.81. The van der Waals surface area contributed by atoms with E-state index in [-0.39, 0.29) is 6.10 Å². The largest absolute Gasteiger partial charge is 0.392 e. The lowest BCUT2D eigenvalue weighted by Crippen LogP contribution is -2.43. The minimum Gasteiger partial charge on any atom is -0.392 e. The molecule has 0 aliphatic heterocycles. The van der Waals surface area contributed by atoms with E-state index in [0.29, 0.717) is 12.1 Å². The molecule has 3 atom stereocenters. The van der Waals surface area contributed by atoms with Crippen molar-refractivity contribution in [3.63, 3.8) is 0 Å². The Morgan fingerprint density at radius 1 is 1.50 bits per heavy atom. The van der Waals surface area contributed by atoms with E-state index in [1.54, 1.807) is 11.3 Å². The lowest BCUT2D eigenvalue weighted by molar-refractivity contribution is 0.0847. The van der Waals surface area contributed by atoms with Gasteiger partial charge in [-0.25, -0.2) is 0 Å². The molecule has 0 saturated heterocycles. The third kappa shape index (κ3) is 2.84. The summed E-state index contributed by atoms with van der Waals surface area (Å²) in [5, 5.41) is 15.7. The minimum absolute atomic E-state index is 0.150. The molecule has 3 heteroatoms. The van der Waals surface area contributed by atoms with Crippen molar-refractivity contribution >= 4 is 11.3 Å². The first-order valence-electron chi connectivity index (χ1n) is 6.28. The monoisotopic (exact) mass is 239 g/mol. The summed E-state index contributed by atoms with van der Waals surface area (Å²) in [6.07, 6.45) is 5.43. The van der Waals surface area contributed by atoms with Gasteiger partial charge in [-0.3, -0.25) is 0 Å². The zero-order valence-electron chi connectivity index (χ0n) is 9.86. The Morgan fingerprint density at radius 3 is 2.94 bits per heavy atom. The predicted molar refractivity (Wildman–Crippen MR) is 68.7 cm³/mol. The highest BCUT2D eigenvalue weighted by Crippen LogP contribution is 2.26. The minimum atomic E-state index is -0.150. The SMILES string of the molecule is CCC(N[C@H]1CCCC[C@@H]1O)c1cccs1. The fraction of sp³-hybridized carbons (Fsp3) is 0.692. The molecule has 0 spiro atoms. The Kier molecular flexibility index (Phi) is 4.38. The lowest BCUT2D eigenvalue weighted by Gasteiger charge is -2.31. The highest BCUT2D eigenvalue weighted by atomic mass is 32.1. The molecule has 0 bridgehead atoms.